The van der Waals surface area contributed by atoms with E-state index < -0.39 is 0 Å². The number of benzene rings is 1. The number of nitrogen functional groups attached to an aromatic ring is 1. The highest BCUT2D eigenvalue weighted by atomic mass is 16.5. The standard InChI is InChI=1S/C8H9N3O/c1-12-7-2-3-8(11-10)6(4-7)5-9/h2-4,11H,10H2,1H3. The lowest BCUT2D eigenvalue weighted by Gasteiger charge is -2.04. The Morgan fingerprint density at radius 2 is 2.33 bits per heavy atom. The van der Waals surface area contributed by atoms with Gasteiger partial charge in [-0.25, -0.2) is 0 Å². The summed E-state index contributed by atoms with van der Waals surface area (Å²) >= 11 is 0. The Balaban J connectivity index is 3.13. The fourth-order valence-corrected chi connectivity index (χ4v) is 0.869. The molecule has 0 saturated carbocycles. The molecule has 0 spiro atoms. The first kappa shape index (κ1) is 8.37. The van der Waals surface area contributed by atoms with Gasteiger partial charge in [-0.1, -0.05) is 0 Å². The fraction of sp³-hybridized carbons (Fsp3) is 0.125. The highest BCUT2D eigenvalue weighted by Crippen LogP contribution is 2.19. The van der Waals surface area contributed by atoms with Crippen LogP contribution in [-0.4, -0.2) is 7.11 Å². The zero-order valence-corrected chi connectivity index (χ0v) is 6.66. The Bertz CT molecular complexity index is 317. The summed E-state index contributed by atoms with van der Waals surface area (Å²) in [5.41, 5.74) is 3.48. The zero-order valence-electron chi connectivity index (χ0n) is 6.66. The summed E-state index contributed by atoms with van der Waals surface area (Å²) in [5.74, 6) is 5.82. The summed E-state index contributed by atoms with van der Waals surface area (Å²) in [6.45, 7) is 0. The van der Waals surface area contributed by atoms with Crippen LogP contribution in [0.5, 0.6) is 5.75 Å². The molecule has 3 N–H and O–H groups in total. The van der Waals surface area contributed by atoms with Crippen molar-refractivity contribution in [2.24, 2.45) is 5.84 Å². The third-order valence-electron chi connectivity index (χ3n) is 1.50. The summed E-state index contributed by atoms with van der Waals surface area (Å²) in [4.78, 5) is 0. The Morgan fingerprint density at radius 1 is 1.58 bits per heavy atom. The summed E-state index contributed by atoms with van der Waals surface area (Å²) in [6, 6.07) is 7.04. The fourth-order valence-electron chi connectivity index (χ4n) is 0.869. The molecule has 0 aliphatic heterocycles. The predicted octanol–water partition coefficient (Wildman–Crippen LogP) is 0.852. The number of nitrogens with two attached hydrogens (primary N) is 1. The van der Waals surface area contributed by atoms with E-state index in [1.165, 1.54) is 0 Å². The molecule has 4 heteroatoms. The highest BCUT2D eigenvalue weighted by Gasteiger charge is 2.00. The second-order valence-corrected chi connectivity index (χ2v) is 2.17. The van der Waals surface area contributed by atoms with Gasteiger partial charge in [-0.3, -0.25) is 5.84 Å². The Kier molecular flexibility index (Phi) is 2.51. The van der Waals surface area contributed by atoms with Crippen molar-refractivity contribution in [3.05, 3.63) is 23.8 Å². The first-order valence-corrected chi connectivity index (χ1v) is 3.36. The van der Waals surface area contributed by atoms with Crippen molar-refractivity contribution in [2.45, 2.75) is 0 Å². The third kappa shape index (κ3) is 1.47. The molecule has 1 aromatic carbocycles. The lowest BCUT2D eigenvalue weighted by atomic mass is 10.2. The van der Waals surface area contributed by atoms with E-state index in [4.69, 9.17) is 15.8 Å². The SMILES string of the molecule is COc1ccc(NN)c(C#N)c1. The smallest absolute Gasteiger partial charge is 0.120 e. The molecule has 4 nitrogen and oxygen atoms in total. The summed E-state index contributed by atoms with van der Waals surface area (Å²) in [6.07, 6.45) is 0. The Morgan fingerprint density at radius 3 is 2.83 bits per heavy atom. The molecule has 0 atom stereocenters. The summed E-state index contributed by atoms with van der Waals surface area (Å²) in [5, 5.41) is 8.67. The van der Waals surface area contributed by atoms with Gasteiger partial charge in [-0.05, 0) is 12.1 Å². The van der Waals surface area contributed by atoms with Gasteiger partial charge >= 0.3 is 0 Å². The van der Waals surface area contributed by atoms with Gasteiger partial charge in [0, 0.05) is 6.07 Å². The lowest BCUT2D eigenvalue weighted by Crippen LogP contribution is -2.08. The van der Waals surface area contributed by atoms with Crippen molar-refractivity contribution in [3.63, 3.8) is 0 Å². The first-order chi connectivity index (χ1) is 5.81. The van der Waals surface area contributed by atoms with Gasteiger partial charge in [0.1, 0.15) is 11.8 Å². The van der Waals surface area contributed by atoms with Crippen LogP contribution in [0.1, 0.15) is 5.56 Å². The molecule has 0 radical (unpaired) electrons. The first-order valence-electron chi connectivity index (χ1n) is 3.36. The maximum atomic E-state index is 8.67. The van der Waals surface area contributed by atoms with Crippen LogP contribution in [0.4, 0.5) is 5.69 Å². The van der Waals surface area contributed by atoms with Crippen LogP contribution in [0.2, 0.25) is 0 Å². The monoisotopic (exact) mass is 163 g/mol. The van der Waals surface area contributed by atoms with Crippen molar-refractivity contribution >= 4 is 5.69 Å². The van der Waals surface area contributed by atoms with Gasteiger partial charge in [-0.2, -0.15) is 5.26 Å². The normalized spacial score (nSPS) is 8.75. The molecule has 1 rings (SSSR count). The van der Waals surface area contributed by atoms with Crippen LogP contribution in [-0.2, 0) is 0 Å². The largest absolute Gasteiger partial charge is 0.497 e. The van der Waals surface area contributed by atoms with E-state index >= 15 is 0 Å². The van der Waals surface area contributed by atoms with Gasteiger partial charge in [-0.15, -0.1) is 0 Å². The molecule has 12 heavy (non-hydrogen) atoms. The molecule has 0 amide bonds. The predicted molar refractivity (Wildman–Crippen MR) is 45.5 cm³/mol. The zero-order chi connectivity index (χ0) is 8.97. The maximum absolute atomic E-state index is 8.67. The van der Waals surface area contributed by atoms with Gasteiger partial charge in [0.15, 0.2) is 0 Å². The second kappa shape index (κ2) is 3.60. The minimum Gasteiger partial charge on any atom is -0.497 e. The van der Waals surface area contributed by atoms with E-state index in [-0.39, 0.29) is 0 Å². The molecular formula is C8H9N3O. The number of methoxy groups -OCH3 is 1. The number of ether oxygens (including phenoxy) is 1. The topological polar surface area (TPSA) is 71.1 Å². The van der Waals surface area contributed by atoms with E-state index in [9.17, 15) is 0 Å². The summed E-state index contributed by atoms with van der Waals surface area (Å²) < 4.78 is 4.94. The molecule has 1 aromatic rings. The van der Waals surface area contributed by atoms with E-state index in [1.807, 2.05) is 6.07 Å². The van der Waals surface area contributed by atoms with Gasteiger partial charge in [0.25, 0.3) is 0 Å². The van der Waals surface area contributed by atoms with Crippen molar-refractivity contribution in [2.75, 3.05) is 12.5 Å². The van der Waals surface area contributed by atoms with E-state index in [0.29, 0.717) is 17.0 Å². The van der Waals surface area contributed by atoms with Crippen LogP contribution in [0, 0.1) is 11.3 Å². The third-order valence-corrected chi connectivity index (χ3v) is 1.50. The quantitative estimate of drug-likeness (QED) is 0.501. The van der Waals surface area contributed by atoms with Crippen LogP contribution in [0.15, 0.2) is 18.2 Å². The average molecular weight is 163 g/mol. The molecule has 0 heterocycles. The number of hydrogen-bond acceptors (Lipinski definition) is 4. The molecule has 0 aliphatic rings. The minimum absolute atomic E-state index is 0.469. The van der Waals surface area contributed by atoms with Crippen LogP contribution >= 0.6 is 0 Å². The number of nitrogens with one attached hydrogen (secondary N) is 1. The van der Waals surface area contributed by atoms with Gasteiger partial charge < -0.3 is 10.2 Å². The van der Waals surface area contributed by atoms with Crippen LogP contribution in [0.25, 0.3) is 0 Å². The van der Waals surface area contributed by atoms with E-state index in [2.05, 4.69) is 5.43 Å². The Hall–Kier alpha value is -1.73. The van der Waals surface area contributed by atoms with Crippen molar-refractivity contribution < 1.29 is 4.74 Å². The molecule has 62 valence electrons. The second-order valence-electron chi connectivity index (χ2n) is 2.17. The number of nitrogens with zero attached hydrogens (tertiary/aromatic N) is 1. The number of hydrogen-bond donors (Lipinski definition) is 2. The Labute approximate surface area is 70.5 Å². The van der Waals surface area contributed by atoms with E-state index in [0.717, 1.165) is 0 Å². The maximum Gasteiger partial charge on any atom is 0.120 e. The molecule has 0 aromatic heterocycles. The molecule has 0 unspecified atom stereocenters. The molecule has 0 bridgehead atoms. The minimum atomic E-state index is 0.469. The molecule has 0 aliphatic carbocycles. The summed E-state index contributed by atoms with van der Waals surface area (Å²) in [7, 11) is 1.55. The number of hydrazine groups is 1. The van der Waals surface area contributed by atoms with Gasteiger partial charge in [0.2, 0.25) is 0 Å². The number of nitriles is 1. The van der Waals surface area contributed by atoms with Crippen molar-refractivity contribution in [3.8, 4) is 11.8 Å². The van der Waals surface area contributed by atoms with Crippen LogP contribution < -0.4 is 16.0 Å². The molecule has 0 saturated heterocycles. The molecular weight excluding hydrogens is 154 g/mol. The van der Waals surface area contributed by atoms with E-state index in [1.54, 1.807) is 25.3 Å². The number of anilines is 1. The van der Waals surface area contributed by atoms with Crippen molar-refractivity contribution in [1.29, 1.82) is 5.26 Å². The van der Waals surface area contributed by atoms with Crippen molar-refractivity contribution in [1.82, 2.24) is 0 Å². The van der Waals surface area contributed by atoms with Gasteiger partial charge in [0.05, 0.1) is 18.4 Å². The molecule has 0 fully saturated rings. The number of rotatable bonds is 2. The van der Waals surface area contributed by atoms with Crippen LogP contribution in [0.3, 0.4) is 0 Å². The average Bonchev–Trinajstić information content (AvgIpc) is 2.16. The lowest BCUT2D eigenvalue weighted by molar-refractivity contribution is 0.414. The highest BCUT2D eigenvalue weighted by molar-refractivity contribution is 5.59.